The molecule has 0 aromatic carbocycles. The van der Waals surface area contributed by atoms with Gasteiger partial charge in [-0.2, -0.15) is 0 Å². The van der Waals surface area contributed by atoms with Gasteiger partial charge in [0.2, 0.25) is 5.91 Å². The maximum atomic E-state index is 12.2. The molecule has 1 fully saturated rings. The Labute approximate surface area is 137 Å². The van der Waals surface area contributed by atoms with E-state index in [1.165, 1.54) is 11.3 Å². The van der Waals surface area contributed by atoms with E-state index in [4.69, 9.17) is 0 Å². The predicted octanol–water partition coefficient (Wildman–Crippen LogP) is 1.46. The third kappa shape index (κ3) is 4.43. The zero-order valence-electron chi connectivity index (χ0n) is 12.4. The lowest BCUT2D eigenvalue weighted by molar-refractivity contribution is -0.129. The number of nitrogens with zero attached hydrogens (tertiary/aromatic N) is 2. The molecular formula is C14H17N3O3S2. The average Bonchev–Trinajstić information content (AvgIpc) is 3.03. The summed E-state index contributed by atoms with van der Waals surface area (Å²) in [6.07, 6.45) is 1.68. The lowest BCUT2D eigenvalue weighted by atomic mass is 10.3. The van der Waals surface area contributed by atoms with Crippen LogP contribution >= 0.6 is 23.1 Å². The van der Waals surface area contributed by atoms with E-state index in [1.807, 2.05) is 36.5 Å². The third-order valence-electron chi connectivity index (χ3n) is 2.87. The van der Waals surface area contributed by atoms with Crippen LogP contribution in [-0.4, -0.2) is 60.6 Å². The van der Waals surface area contributed by atoms with Crippen molar-refractivity contribution >= 4 is 46.2 Å². The van der Waals surface area contributed by atoms with E-state index in [0.717, 1.165) is 21.5 Å². The molecule has 1 aromatic heterocycles. The second-order valence-corrected chi connectivity index (χ2v) is 6.91. The monoisotopic (exact) mass is 339 g/mol. The van der Waals surface area contributed by atoms with Crippen LogP contribution in [0.15, 0.2) is 22.4 Å². The Kier molecular flexibility index (Phi) is 5.76. The summed E-state index contributed by atoms with van der Waals surface area (Å²) in [7, 11) is 3.80. The zero-order chi connectivity index (χ0) is 16.1. The number of imide groups is 1. The summed E-state index contributed by atoms with van der Waals surface area (Å²) in [5.41, 5.74) is 0. The fourth-order valence-corrected chi connectivity index (χ4v) is 3.32. The van der Waals surface area contributed by atoms with Crippen molar-refractivity contribution in [1.29, 1.82) is 0 Å². The van der Waals surface area contributed by atoms with Gasteiger partial charge in [-0.05, 0) is 43.4 Å². The summed E-state index contributed by atoms with van der Waals surface area (Å²) in [5, 5.41) is 4.18. The number of thioether (sulfide) groups is 1. The van der Waals surface area contributed by atoms with Crippen LogP contribution in [-0.2, 0) is 9.59 Å². The first-order valence-corrected chi connectivity index (χ1v) is 8.37. The molecule has 2 rings (SSSR count). The molecule has 1 aliphatic rings. The van der Waals surface area contributed by atoms with Crippen LogP contribution < -0.4 is 5.32 Å². The molecule has 0 atom stereocenters. The molecule has 6 nitrogen and oxygen atoms in total. The van der Waals surface area contributed by atoms with E-state index in [-0.39, 0.29) is 12.5 Å². The van der Waals surface area contributed by atoms with Crippen molar-refractivity contribution in [3.8, 4) is 0 Å². The lowest BCUT2D eigenvalue weighted by Gasteiger charge is -2.14. The minimum absolute atomic E-state index is 0.236. The molecule has 3 amide bonds. The minimum Gasteiger partial charge on any atom is -0.353 e. The predicted molar refractivity (Wildman–Crippen MR) is 88.6 cm³/mol. The first kappa shape index (κ1) is 16.7. The summed E-state index contributed by atoms with van der Waals surface area (Å²) in [5.74, 6) is -0.743. The first-order chi connectivity index (χ1) is 10.5. The molecule has 0 radical (unpaired) electrons. The highest BCUT2D eigenvalue weighted by Gasteiger charge is 2.36. The molecule has 1 aliphatic heterocycles. The summed E-state index contributed by atoms with van der Waals surface area (Å²) in [6.45, 7) is 0.943. The Bertz CT molecular complexity index is 596. The number of carbonyl (C=O) groups excluding carboxylic acids is 3. The Hall–Kier alpha value is -1.64. The van der Waals surface area contributed by atoms with Crippen LogP contribution in [0.2, 0.25) is 0 Å². The topological polar surface area (TPSA) is 69.7 Å². The Morgan fingerprint density at radius 1 is 1.41 bits per heavy atom. The van der Waals surface area contributed by atoms with Gasteiger partial charge in [-0.3, -0.25) is 19.3 Å². The quantitative estimate of drug-likeness (QED) is 0.795. The van der Waals surface area contributed by atoms with Gasteiger partial charge in [0, 0.05) is 18.0 Å². The van der Waals surface area contributed by atoms with Gasteiger partial charge < -0.3 is 10.2 Å². The molecular weight excluding hydrogens is 322 g/mol. The summed E-state index contributed by atoms with van der Waals surface area (Å²) < 4.78 is 0. The van der Waals surface area contributed by atoms with E-state index in [2.05, 4.69) is 5.32 Å². The molecule has 22 heavy (non-hydrogen) atoms. The number of thiophene rings is 1. The van der Waals surface area contributed by atoms with E-state index in [0.29, 0.717) is 18.0 Å². The number of likely N-dealkylation sites (N-methyl/N-ethyl adjacent to an activating group) is 1. The summed E-state index contributed by atoms with van der Waals surface area (Å²) >= 11 is 2.35. The zero-order valence-corrected chi connectivity index (χ0v) is 14.0. The average molecular weight is 339 g/mol. The van der Waals surface area contributed by atoms with Crippen LogP contribution in [0.4, 0.5) is 4.79 Å². The van der Waals surface area contributed by atoms with Crippen molar-refractivity contribution in [2.75, 3.05) is 33.7 Å². The van der Waals surface area contributed by atoms with Crippen LogP contribution in [0, 0.1) is 0 Å². The van der Waals surface area contributed by atoms with E-state index < -0.39 is 11.1 Å². The van der Waals surface area contributed by atoms with Crippen LogP contribution in [0.5, 0.6) is 0 Å². The maximum absolute atomic E-state index is 12.2. The van der Waals surface area contributed by atoms with Crippen LogP contribution in [0.1, 0.15) is 4.88 Å². The van der Waals surface area contributed by atoms with Gasteiger partial charge in [-0.15, -0.1) is 11.3 Å². The van der Waals surface area contributed by atoms with E-state index in [9.17, 15) is 14.4 Å². The van der Waals surface area contributed by atoms with Crippen molar-refractivity contribution in [3.05, 3.63) is 27.3 Å². The highest BCUT2D eigenvalue weighted by Crippen LogP contribution is 2.32. The minimum atomic E-state index is -0.411. The van der Waals surface area contributed by atoms with Gasteiger partial charge in [0.15, 0.2) is 0 Å². The summed E-state index contributed by atoms with van der Waals surface area (Å²) in [4.78, 5) is 40.0. The number of rotatable bonds is 6. The maximum Gasteiger partial charge on any atom is 0.294 e. The fraction of sp³-hybridized carbons (Fsp3) is 0.357. The van der Waals surface area contributed by atoms with E-state index in [1.54, 1.807) is 6.08 Å². The smallest absolute Gasteiger partial charge is 0.294 e. The van der Waals surface area contributed by atoms with Crippen molar-refractivity contribution < 1.29 is 14.4 Å². The number of hydrogen-bond donors (Lipinski definition) is 1. The van der Waals surface area contributed by atoms with Crippen molar-refractivity contribution in [2.24, 2.45) is 0 Å². The molecule has 0 spiro atoms. The van der Waals surface area contributed by atoms with Crippen molar-refractivity contribution in [1.82, 2.24) is 15.1 Å². The lowest BCUT2D eigenvalue weighted by Crippen LogP contribution is -2.41. The Balaban J connectivity index is 1.93. The Morgan fingerprint density at radius 2 is 2.18 bits per heavy atom. The SMILES string of the molecule is CN(C)CCNC(=O)CN1C(=O)SC(=Cc2cccs2)C1=O. The van der Waals surface area contributed by atoms with Gasteiger partial charge in [0.1, 0.15) is 6.54 Å². The van der Waals surface area contributed by atoms with Gasteiger partial charge in [0.25, 0.3) is 11.1 Å². The first-order valence-electron chi connectivity index (χ1n) is 6.67. The summed E-state index contributed by atoms with van der Waals surface area (Å²) in [6, 6.07) is 3.74. The van der Waals surface area contributed by atoms with Gasteiger partial charge in [0.05, 0.1) is 4.91 Å². The molecule has 1 saturated heterocycles. The van der Waals surface area contributed by atoms with Gasteiger partial charge in [-0.25, -0.2) is 0 Å². The van der Waals surface area contributed by atoms with Crippen LogP contribution in [0.3, 0.4) is 0 Å². The van der Waals surface area contributed by atoms with Crippen LogP contribution in [0.25, 0.3) is 6.08 Å². The number of amides is 3. The van der Waals surface area contributed by atoms with Crippen molar-refractivity contribution in [2.45, 2.75) is 0 Å². The molecule has 0 saturated carbocycles. The second kappa shape index (κ2) is 7.57. The highest BCUT2D eigenvalue weighted by molar-refractivity contribution is 8.18. The third-order valence-corrected chi connectivity index (χ3v) is 4.60. The standard InChI is InChI=1S/C14H17N3O3S2/c1-16(2)6-5-15-12(18)9-17-13(19)11(22-14(17)20)8-10-4-3-7-21-10/h3-4,7-8H,5-6,9H2,1-2H3,(H,15,18). The number of carbonyl (C=O) groups is 3. The number of hydrogen-bond acceptors (Lipinski definition) is 6. The Morgan fingerprint density at radius 3 is 2.82 bits per heavy atom. The normalized spacial score (nSPS) is 16.9. The van der Waals surface area contributed by atoms with Gasteiger partial charge in [-0.1, -0.05) is 6.07 Å². The van der Waals surface area contributed by atoms with Gasteiger partial charge >= 0.3 is 0 Å². The molecule has 0 aliphatic carbocycles. The molecule has 1 N–H and O–H groups in total. The highest BCUT2D eigenvalue weighted by atomic mass is 32.2. The molecule has 0 unspecified atom stereocenters. The second-order valence-electron chi connectivity index (χ2n) is 4.94. The molecule has 2 heterocycles. The molecule has 118 valence electrons. The van der Waals surface area contributed by atoms with Crippen molar-refractivity contribution in [3.63, 3.8) is 0 Å². The fourth-order valence-electron chi connectivity index (χ4n) is 1.76. The largest absolute Gasteiger partial charge is 0.353 e. The van der Waals surface area contributed by atoms with E-state index >= 15 is 0 Å². The molecule has 8 heteroatoms. The number of nitrogens with one attached hydrogen (secondary N) is 1. The molecule has 1 aromatic rings. The molecule has 0 bridgehead atoms.